The van der Waals surface area contributed by atoms with E-state index >= 15 is 0 Å². The van der Waals surface area contributed by atoms with Crippen LogP contribution in [0.5, 0.6) is 0 Å². The Balaban J connectivity index is 2.89. The summed E-state index contributed by atoms with van der Waals surface area (Å²) in [5, 5.41) is 8.09. The normalized spacial score (nSPS) is 14.7. The third-order valence-corrected chi connectivity index (χ3v) is 3.65. The average molecular weight is 286 g/mol. The zero-order chi connectivity index (χ0) is 14.6. The fourth-order valence-electron chi connectivity index (χ4n) is 1.68. The third-order valence-electron chi connectivity index (χ3n) is 2.74. The standard InChI is InChI=1S/C12H18N2O4S/c1-8(14-9(2)12(15)18-3)10-5-4-6-11(7-10)19(13,16)17/h4-9,14H,1-3H3,(H2,13,16,17). The van der Waals surface area contributed by atoms with Crippen LogP contribution in [0, 0.1) is 0 Å². The number of nitrogens with two attached hydrogens (primary N) is 1. The van der Waals surface area contributed by atoms with Crippen LogP contribution < -0.4 is 10.5 Å². The summed E-state index contributed by atoms with van der Waals surface area (Å²) in [6.07, 6.45) is 0. The van der Waals surface area contributed by atoms with Gasteiger partial charge < -0.3 is 4.74 Å². The van der Waals surface area contributed by atoms with Crippen molar-refractivity contribution in [2.24, 2.45) is 5.14 Å². The summed E-state index contributed by atoms with van der Waals surface area (Å²) in [6, 6.07) is 5.58. The molecular formula is C12H18N2O4S. The maximum atomic E-state index is 11.3. The van der Waals surface area contributed by atoms with Gasteiger partial charge in [0, 0.05) is 6.04 Å². The molecule has 0 aliphatic heterocycles. The van der Waals surface area contributed by atoms with Crippen molar-refractivity contribution in [3.8, 4) is 0 Å². The van der Waals surface area contributed by atoms with Crippen LogP contribution in [0.1, 0.15) is 25.5 Å². The molecule has 19 heavy (non-hydrogen) atoms. The molecule has 1 aromatic carbocycles. The number of esters is 1. The summed E-state index contributed by atoms with van der Waals surface area (Å²) in [5.74, 6) is -0.380. The van der Waals surface area contributed by atoms with E-state index in [4.69, 9.17) is 5.14 Å². The number of ether oxygens (including phenoxy) is 1. The minimum Gasteiger partial charge on any atom is -0.468 e. The third kappa shape index (κ3) is 4.30. The van der Waals surface area contributed by atoms with Crippen LogP contribution in [0.2, 0.25) is 0 Å². The van der Waals surface area contributed by atoms with Crippen molar-refractivity contribution in [1.29, 1.82) is 0 Å². The van der Waals surface area contributed by atoms with E-state index < -0.39 is 16.1 Å². The minimum atomic E-state index is -3.73. The molecule has 6 nitrogen and oxygen atoms in total. The smallest absolute Gasteiger partial charge is 0.322 e. The molecule has 0 aliphatic rings. The van der Waals surface area contributed by atoms with Crippen molar-refractivity contribution in [3.05, 3.63) is 29.8 Å². The van der Waals surface area contributed by atoms with Gasteiger partial charge in [0.15, 0.2) is 0 Å². The molecule has 2 atom stereocenters. The number of primary sulfonamides is 1. The van der Waals surface area contributed by atoms with E-state index in [9.17, 15) is 13.2 Å². The van der Waals surface area contributed by atoms with Gasteiger partial charge >= 0.3 is 5.97 Å². The number of nitrogens with one attached hydrogen (secondary N) is 1. The molecule has 7 heteroatoms. The predicted octanol–water partition coefficient (Wildman–Crippen LogP) is 0.546. The van der Waals surface area contributed by atoms with Crippen molar-refractivity contribution < 1.29 is 17.9 Å². The van der Waals surface area contributed by atoms with Gasteiger partial charge in [0.1, 0.15) is 6.04 Å². The Morgan fingerprint density at radius 1 is 1.37 bits per heavy atom. The van der Waals surface area contributed by atoms with E-state index in [1.807, 2.05) is 6.92 Å². The second-order valence-electron chi connectivity index (χ2n) is 4.25. The predicted molar refractivity (Wildman–Crippen MR) is 70.8 cm³/mol. The molecule has 0 saturated carbocycles. The van der Waals surface area contributed by atoms with Crippen molar-refractivity contribution in [3.63, 3.8) is 0 Å². The summed E-state index contributed by atoms with van der Waals surface area (Å²) in [5.41, 5.74) is 0.724. The molecule has 0 heterocycles. The molecule has 0 amide bonds. The fraction of sp³-hybridized carbons (Fsp3) is 0.417. The summed E-state index contributed by atoms with van der Waals surface area (Å²) in [7, 11) is -2.42. The number of hydrogen-bond donors (Lipinski definition) is 2. The molecule has 106 valence electrons. The number of hydrogen-bond acceptors (Lipinski definition) is 5. The van der Waals surface area contributed by atoms with Gasteiger partial charge in [-0.1, -0.05) is 12.1 Å². The second kappa shape index (κ2) is 6.14. The molecular weight excluding hydrogens is 268 g/mol. The van der Waals surface area contributed by atoms with Gasteiger partial charge in [0.2, 0.25) is 10.0 Å². The van der Waals surface area contributed by atoms with Crippen LogP contribution in [0.3, 0.4) is 0 Å². The van der Waals surface area contributed by atoms with E-state index in [2.05, 4.69) is 10.1 Å². The Bertz CT molecular complexity index is 557. The van der Waals surface area contributed by atoms with Gasteiger partial charge in [-0.3, -0.25) is 10.1 Å². The van der Waals surface area contributed by atoms with E-state index in [0.29, 0.717) is 0 Å². The second-order valence-corrected chi connectivity index (χ2v) is 5.81. The fourth-order valence-corrected chi connectivity index (χ4v) is 2.25. The highest BCUT2D eigenvalue weighted by molar-refractivity contribution is 7.89. The molecule has 0 bridgehead atoms. The van der Waals surface area contributed by atoms with Crippen molar-refractivity contribution in [2.75, 3.05) is 7.11 Å². The molecule has 0 fully saturated rings. The number of sulfonamides is 1. The van der Waals surface area contributed by atoms with Gasteiger partial charge in [0.05, 0.1) is 12.0 Å². The van der Waals surface area contributed by atoms with Crippen molar-refractivity contribution in [1.82, 2.24) is 5.32 Å². The molecule has 0 aromatic heterocycles. The van der Waals surface area contributed by atoms with E-state index in [1.165, 1.54) is 19.2 Å². The van der Waals surface area contributed by atoms with Gasteiger partial charge in [-0.05, 0) is 31.5 Å². The van der Waals surface area contributed by atoms with Gasteiger partial charge in [-0.25, -0.2) is 13.6 Å². The van der Waals surface area contributed by atoms with E-state index in [1.54, 1.807) is 19.1 Å². The number of carbonyl (C=O) groups excluding carboxylic acids is 1. The maximum Gasteiger partial charge on any atom is 0.322 e. The Kier molecular flexibility index (Phi) is 5.04. The SMILES string of the molecule is COC(=O)C(C)NC(C)c1cccc(S(N)(=O)=O)c1. The van der Waals surface area contributed by atoms with Crippen molar-refractivity contribution >= 4 is 16.0 Å². The first-order chi connectivity index (χ1) is 8.75. The van der Waals surface area contributed by atoms with Crippen LogP contribution in [0.4, 0.5) is 0 Å². The van der Waals surface area contributed by atoms with Crippen LogP contribution in [-0.2, 0) is 19.6 Å². The van der Waals surface area contributed by atoms with Crippen LogP contribution in [-0.4, -0.2) is 27.5 Å². The zero-order valence-corrected chi connectivity index (χ0v) is 11.9. The zero-order valence-electron chi connectivity index (χ0n) is 11.1. The molecule has 2 unspecified atom stereocenters. The van der Waals surface area contributed by atoms with E-state index in [-0.39, 0.29) is 16.9 Å². The summed E-state index contributed by atoms with van der Waals surface area (Å²) < 4.78 is 27.1. The molecule has 0 spiro atoms. The van der Waals surface area contributed by atoms with Crippen LogP contribution in [0.25, 0.3) is 0 Å². The van der Waals surface area contributed by atoms with Gasteiger partial charge in [0.25, 0.3) is 0 Å². The quantitative estimate of drug-likeness (QED) is 0.770. The van der Waals surface area contributed by atoms with Gasteiger partial charge in [-0.2, -0.15) is 0 Å². The van der Waals surface area contributed by atoms with Crippen LogP contribution >= 0.6 is 0 Å². The van der Waals surface area contributed by atoms with Gasteiger partial charge in [-0.15, -0.1) is 0 Å². The average Bonchev–Trinajstić information content (AvgIpc) is 2.36. The largest absolute Gasteiger partial charge is 0.468 e. The Morgan fingerprint density at radius 2 is 2.00 bits per heavy atom. The Hall–Kier alpha value is -1.44. The first-order valence-electron chi connectivity index (χ1n) is 5.72. The first kappa shape index (κ1) is 15.6. The monoisotopic (exact) mass is 286 g/mol. The molecule has 0 aliphatic carbocycles. The molecule has 3 N–H and O–H groups in total. The van der Waals surface area contributed by atoms with Crippen LogP contribution in [0.15, 0.2) is 29.2 Å². The Morgan fingerprint density at radius 3 is 2.53 bits per heavy atom. The summed E-state index contributed by atoms with van der Waals surface area (Å²) in [4.78, 5) is 11.3. The lowest BCUT2D eigenvalue weighted by molar-refractivity contribution is -0.142. The lowest BCUT2D eigenvalue weighted by atomic mass is 10.1. The molecule has 1 aromatic rings. The lowest BCUT2D eigenvalue weighted by Crippen LogP contribution is -2.36. The highest BCUT2D eigenvalue weighted by Gasteiger charge is 2.17. The highest BCUT2D eigenvalue weighted by atomic mass is 32.2. The number of benzene rings is 1. The maximum absolute atomic E-state index is 11.3. The van der Waals surface area contributed by atoms with E-state index in [0.717, 1.165) is 5.56 Å². The Labute approximate surface area is 113 Å². The minimum absolute atomic E-state index is 0.0457. The number of methoxy groups -OCH3 is 1. The van der Waals surface area contributed by atoms with Crippen molar-refractivity contribution in [2.45, 2.75) is 30.8 Å². The lowest BCUT2D eigenvalue weighted by Gasteiger charge is -2.19. The molecule has 0 radical (unpaired) electrons. The number of carbonyl (C=O) groups is 1. The topological polar surface area (TPSA) is 98.5 Å². The highest BCUT2D eigenvalue weighted by Crippen LogP contribution is 2.17. The molecule has 1 rings (SSSR count). The first-order valence-corrected chi connectivity index (χ1v) is 7.27. The molecule has 0 saturated heterocycles. The summed E-state index contributed by atoms with van der Waals surface area (Å²) >= 11 is 0. The summed E-state index contributed by atoms with van der Waals surface area (Å²) in [6.45, 7) is 3.49. The number of rotatable bonds is 5.